The Labute approximate surface area is 200 Å². The second kappa shape index (κ2) is 10.0. The van der Waals surface area contributed by atoms with Crippen molar-refractivity contribution in [2.45, 2.75) is 25.9 Å². The van der Waals surface area contributed by atoms with E-state index in [0.717, 1.165) is 24.2 Å². The number of amides is 2. The molecule has 2 aromatic rings. The summed E-state index contributed by atoms with van der Waals surface area (Å²) in [7, 11) is 3.70. The normalized spacial score (nSPS) is 21.2. The smallest absolute Gasteiger partial charge is 0.326 e. The zero-order valence-electron chi connectivity index (χ0n) is 19.6. The van der Waals surface area contributed by atoms with Gasteiger partial charge in [0.1, 0.15) is 17.3 Å². The molecule has 0 bridgehead atoms. The van der Waals surface area contributed by atoms with Crippen LogP contribution in [0.3, 0.4) is 0 Å². The minimum absolute atomic E-state index is 0.0376. The average molecular weight is 471 g/mol. The minimum Gasteiger partial charge on any atom is -0.497 e. The van der Waals surface area contributed by atoms with Gasteiger partial charge in [-0.3, -0.25) is 9.89 Å². The molecule has 2 heterocycles. The van der Waals surface area contributed by atoms with Gasteiger partial charge >= 0.3 is 6.03 Å². The Balaban J connectivity index is 1.77. The van der Waals surface area contributed by atoms with Gasteiger partial charge in [-0.05, 0) is 50.7 Å². The number of nitrogens with zero attached hydrogens (tertiary/aromatic N) is 4. The summed E-state index contributed by atoms with van der Waals surface area (Å²) in [6, 6.07) is 12.9. The van der Waals surface area contributed by atoms with Crippen LogP contribution in [0.1, 0.15) is 31.0 Å². The van der Waals surface area contributed by atoms with Crippen LogP contribution < -0.4 is 9.47 Å². The van der Waals surface area contributed by atoms with E-state index < -0.39 is 0 Å². The molecule has 2 amide bonds. The van der Waals surface area contributed by atoms with E-state index in [1.165, 1.54) is 0 Å². The van der Waals surface area contributed by atoms with Gasteiger partial charge in [-0.2, -0.15) is 0 Å². The van der Waals surface area contributed by atoms with Crippen molar-refractivity contribution < 1.29 is 14.3 Å². The molecular formula is C25H31ClN4O3. The lowest BCUT2D eigenvalue weighted by Crippen LogP contribution is -2.53. The zero-order chi connectivity index (χ0) is 23.5. The Hall–Kier alpha value is -2.77. The molecule has 2 atom stereocenters. The number of likely N-dealkylation sites (N-methyl/N-ethyl adjacent to an activating group) is 1. The van der Waals surface area contributed by atoms with E-state index in [-0.39, 0.29) is 18.1 Å². The topological polar surface area (TPSA) is 57.6 Å². The molecule has 0 spiro atoms. The summed E-state index contributed by atoms with van der Waals surface area (Å²) in [6.45, 7) is 7.53. The van der Waals surface area contributed by atoms with Crippen LogP contribution in [-0.4, -0.2) is 79.6 Å². The lowest BCUT2D eigenvalue weighted by Gasteiger charge is -2.37. The molecule has 0 saturated carbocycles. The van der Waals surface area contributed by atoms with Crippen molar-refractivity contribution in [2.75, 3.05) is 46.9 Å². The van der Waals surface area contributed by atoms with E-state index in [0.29, 0.717) is 42.1 Å². The molecule has 33 heavy (non-hydrogen) atoms. The van der Waals surface area contributed by atoms with Gasteiger partial charge in [-0.15, -0.1) is 0 Å². The first-order valence-electron chi connectivity index (χ1n) is 11.3. The van der Waals surface area contributed by atoms with E-state index in [2.05, 4.69) is 11.9 Å². The fourth-order valence-corrected chi connectivity index (χ4v) is 4.53. The molecule has 0 aliphatic carbocycles. The Morgan fingerprint density at radius 1 is 1.12 bits per heavy atom. The van der Waals surface area contributed by atoms with Crippen LogP contribution in [0.15, 0.2) is 47.5 Å². The summed E-state index contributed by atoms with van der Waals surface area (Å²) < 4.78 is 11.3. The predicted molar refractivity (Wildman–Crippen MR) is 131 cm³/mol. The van der Waals surface area contributed by atoms with E-state index in [4.69, 9.17) is 26.1 Å². The van der Waals surface area contributed by atoms with Crippen molar-refractivity contribution in [1.29, 1.82) is 0 Å². The van der Waals surface area contributed by atoms with Crippen LogP contribution >= 0.6 is 11.6 Å². The van der Waals surface area contributed by atoms with Crippen LogP contribution in [0.4, 0.5) is 4.79 Å². The zero-order valence-corrected chi connectivity index (χ0v) is 20.4. The van der Waals surface area contributed by atoms with Gasteiger partial charge in [0.05, 0.1) is 31.4 Å². The standard InChI is InChI=1S/C25H31ClN4O3/c1-5-33-22-16-20(32-4)10-11-21(22)24-27-17(2)23(18-6-8-19(26)9-7-18)30(24)25(31)29-14-12-28(3)13-15-29/h6-11,16-17,23H,5,12-15H2,1-4H3/t17-,23-/m1/s1. The van der Waals surface area contributed by atoms with Crippen LogP contribution in [-0.2, 0) is 0 Å². The lowest BCUT2D eigenvalue weighted by atomic mass is 10.00. The monoisotopic (exact) mass is 470 g/mol. The number of methoxy groups -OCH3 is 1. The Morgan fingerprint density at radius 2 is 1.82 bits per heavy atom. The molecule has 4 rings (SSSR count). The van der Waals surface area contributed by atoms with Gasteiger partial charge in [0.25, 0.3) is 0 Å². The summed E-state index contributed by atoms with van der Waals surface area (Å²) in [6.07, 6.45) is 0. The number of ether oxygens (including phenoxy) is 2. The van der Waals surface area contributed by atoms with Crippen molar-refractivity contribution in [1.82, 2.24) is 14.7 Å². The Kier molecular flexibility index (Phi) is 7.10. The lowest BCUT2D eigenvalue weighted by molar-refractivity contribution is 0.130. The fourth-order valence-electron chi connectivity index (χ4n) is 4.41. The predicted octanol–water partition coefficient (Wildman–Crippen LogP) is 4.31. The van der Waals surface area contributed by atoms with Crippen molar-refractivity contribution in [3.05, 3.63) is 58.6 Å². The van der Waals surface area contributed by atoms with Crippen molar-refractivity contribution >= 4 is 23.5 Å². The second-order valence-corrected chi connectivity index (χ2v) is 8.86. The number of benzene rings is 2. The summed E-state index contributed by atoms with van der Waals surface area (Å²) in [5.41, 5.74) is 1.78. The van der Waals surface area contributed by atoms with Crippen molar-refractivity contribution in [2.24, 2.45) is 4.99 Å². The number of rotatable bonds is 5. The summed E-state index contributed by atoms with van der Waals surface area (Å²) in [5, 5.41) is 0.663. The number of carbonyl (C=O) groups excluding carboxylic acids is 1. The average Bonchev–Trinajstić information content (AvgIpc) is 3.16. The molecule has 0 aromatic heterocycles. The van der Waals surface area contributed by atoms with Gasteiger partial charge in [-0.25, -0.2) is 4.79 Å². The number of aliphatic imine (C=N–C) groups is 1. The van der Waals surface area contributed by atoms with Gasteiger partial charge in [0.15, 0.2) is 0 Å². The molecule has 1 fully saturated rings. The third-order valence-corrected chi connectivity index (χ3v) is 6.46. The van der Waals surface area contributed by atoms with Crippen LogP contribution in [0.2, 0.25) is 5.02 Å². The molecule has 1 saturated heterocycles. The second-order valence-electron chi connectivity index (χ2n) is 8.43. The molecule has 0 radical (unpaired) electrons. The maximum atomic E-state index is 13.9. The third kappa shape index (κ3) is 4.80. The molecule has 0 N–H and O–H groups in total. The molecule has 0 unspecified atom stereocenters. The first kappa shape index (κ1) is 23.4. The maximum Gasteiger partial charge on any atom is 0.326 e. The highest BCUT2D eigenvalue weighted by Crippen LogP contribution is 2.38. The number of hydrogen-bond acceptors (Lipinski definition) is 5. The summed E-state index contributed by atoms with van der Waals surface area (Å²) >= 11 is 6.15. The van der Waals surface area contributed by atoms with Crippen LogP contribution in [0.25, 0.3) is 0 Å². The Bertz CT molecular complexity index is 1020. The third-order valence-electron chi connectivity index (χ3n) is 6.21. The first-order valence-corrected chi connectivity index (χ1v) is 11.7. The number of carbonyl (C=O) groups is 1. The number of halogens is 1. The molecule has 7 nitrogen and oxygen atoms in total. The summed E-state index contributed by atoms with van der Waals surface area (Å²) in [5.74, 6) is 1.97. The fraction of sp³-hybridized carbons (Fsp3) is 0.440. The minimum atomic E-state index is -0.235. The number of piperazine rings is 1. The molecular weight excluding hydrogens is 440 g/mol. The maximum absolute atomic E-state index is 13.9. The van der Waals surface area contributed by atoms with Gasteiger partial charge in [-0.1, -0.05) is 23.7 Å². The number of amidine groups is 1. The first-order chi connectivity index (χ1) is 15.9. The largest absolute Gasteiger partial charge is 0.497 e. The highest BCUT2D eigenvalue weighted by molar-refractivity contribution is 6.30. The van der Waals surface area contributed by atoms with Gasteiger partial charge in [0, 0.05) is 37.3 Å². The highest BCUT2D eigenvalue weighted by atomic mass is 35.5. The van der Waals surface area contributed by atoms with Gasteiger partial charge < -0.3 is 19.3 Å². The van der Waals surface area contributed by atoms with E-state index in [1.807, 2.05) is 66.1 Å². The quantitative estimate of drug-likeness (QED) is 0.653. The van der Waals surface area contributed by atoms with E-state index >= 15 is 0 Å². The van der Waals surface area contributed by atoms with Gasteiger partial charge in [0.2, 0.25) is 0 Å². The SMILES string of the molecule is CCOc1cc(OC)ccc1C1=N[C@H](C)[C@H](c2ccc(Cl)cc2)N1C(=O)N1CCN(C)CC1. The Morgan fingerprint density at radius 3 is 2.45 bits per heavy atom. The van der Waals surface area contributed by atoms with E-state index in [9.17, 15) is 4.79 Å². The summed E-state index contributed by atoms with van der Waals surface area (Å²) in [4.78, 5) is 24.9. The number of urea groups is 1. The highest BCUT2D eigenvalue weighted by Gasteiger charge is 2.42. The molecule has 8 heteroatoms. The van der Waals surface area contributed by atoms with Crippen molar-refractivity contribution in [3.8, 4) is 11.5 Å². The van der Waals surface area contributed by atoms with Crippen LogP contribution in [0.5, 0.6) is 11.5 Å². The van der Waals surface area contributed by atoms with Crippen molar-refractivity contribution in [3.63, 3.8) is 0 Å². The van der Waals surface area contributed by atoms with E-state index in [1.54, 1.807) is 7.11 Å². The molecule has 176 valence electrons. The molecule has 2 aliphatic rings. The molecule has 2 aromatic carbocycles. The molecule has 2 aliphatic heterocycles. The van der Waals surface area contributed by atoms with Crippen LogP contribution in [0, 0.1) is 0 Å². The number of hydrogen-bond donors (Lipinski definition) is 0.